The van der Waals surface area contributed by atoms with Gasteiger partial charge in [-0.2, -0.15) is 13.2 Å². The number of benzene rings is 1. The van der Waals surface area contributed by atoms with E-state index < -0.39 is 41.5 Å². The van der Waals surface area contributed by atoms with E-state index in [0.717, 1.165) is 16.7 Å². The fourth-order valence-electron chi connectivity index (χ4n) is 5.11. The van der Waals surface area contributed by atoms with Crippen LogP contribution >= 0.6 is 0 Å². The summed E-state index contributed by atoms with van der Waals surface area (Å²) in [6, 6.07) is 1.37. The molecule has 13 heteroatoms. The Bertz CT molecular complexity index is 1210. The lowest BCUT2D eigenvalue weighted by atomic mass is 9.97. The summed E-state index contributed by atoms with van der Waals surface area (Å²) in [6.45, 7) is 2.41. The maximum absolute atomic E-state index is 13.7. The molecule has 1 aromatic carbocycles. The van der Waals surface area contributed by atoms with Crippen molar-refractivity contribution in [3.05, 3.63) is 52.1 Å². The molecule has 2 amide bonds. The number of nitrogens with zero attached hydrogens (tertiary/aromatic N) is 4. The number of aryl methyl sites for hydroxylation is 1. The van der Waals surface area contributed by atoms with Crippen molar-refractivity contribution in [2.45, 2.75) is 57.9 Å². The number of aromatic nitrogens is 2. The van der Waals surface area contributed by atoms with E-state index in [1.165, 1.54) is 9.80 Å². The van der Waals surface area contributed by atoms with Crippen LogP contribution in [-0.4, -0.2) is 63.4 Å². The number of nitrogens with two attached hydrogens (primary N) is 2. The first-order chi connectivity index (χ1) is 17.9. The normalized spacial score (nSPS) is 17.5. The van der Waals surface area contributed by atoms with Crippen LogP contribution in [0.15, 0.2) is 12.1 Å². The molecule has 1 fully saturated rings. The quantitative estimate of drug-likeness (QED) is 0.546. The highest BCUT2D eigenvalue weighted by atomic mass is 19.4. The number of amides is 2. The van der Waals surface area contributed by atoms with E-state index in [2.05, 4.69) is 4.98 Å². The minimum atomic E-state index is -4.77. The smallest absolute Gasteiger partial charge is 0.337 e. The van der Waals surface area contributed by atoms with Gasteiger partial charge in [-0.25, -0.2) is 13.8 Å². The van der Waals surface area contributed by atoms with Crippen molar-refractivity contribution in [1.82, 2.24) is 19.4 Å². The molecular weight excluding hydrogens is 511 g/mol. The maximum Gasteiger partial charge on any atom is 0.449 e. The van der Waals surface area contributed by atoms with Crippen LogP contribution in [0.4, 0.5) is 22.0 Å². The summed E-state index contributed by atoms with van der Waals surface area (Å²) in [5.74, 6) is -3.91. The van der Waals surface area contributed by atoms with Crippen LogP contribution in [0.3, 0.4) is 0 Å². The van der Waals surface area contributed by atoms with Crippen LogP contribution < -0.4 is 11.5 Å². The van der Waals surface area contributed by atoms with Crippen LogP contribution in [-0.2, 0) is 30.5 Å². The molecule has 1 aromatic heterocycles. The topological polar surface area (TPSA) is 110 Å². The van der Waals surface area contributed by atoms with Crippen molar-refractivity contribution >= 4 is 11.8 Å². The molecule has 0 bridgehead atoms. The molecule has 8 nitrogen and oxygen atoms in total. The second kappa shape index (κ2) is 11.0. The first-order valence-corrected chi connectivity index (χ1v) is 12.5. The number of alkyl halides is 3. The minimum absolute atomic E-state index is 0.0161. The van der Waals surface area contributed by atoms with Crippen LogP contribution in [0.25, 0.3) is 0 Å². The van der Waals surface area contributed by atoms with Gasteiger partial charge in [-0.05, 0) is 61.9 Å². The third kappa shape index (κ3) is 5.83. The van der Waals surface area contributed by atoms with Gasteiger partial charge in [0, 0.05) is 38.6 Å². The number of hydrogen-bond donors (Lipinski definition) is 2. The van der Waals surface area contributed by atoms with Gasteiger partial charge in [-0.15, -0.1) is 0 Å². The Morgan fingerprint density at radius 2 is 1.74 bits per heavy atom. The predicted molar refractivity (Wildman–Crippen MR) is 128 cm³/mol. The van der Waals surface area contributed by atoms with Crippen LogP contribution in [0.5, 0.6) is 0 Å². The molecule has 0 spiro atoms. The molecule has 38 heavy (non-hydrogen) atoms. The van der Waals surface area contributed by atoms with Crippen molar-refractivity contribution in [3.8, 4) is 0 Å². The summed E-state index contributed by atoms with van der Waals surface area (Å²) < 4.78 is 69.3. The fraction of sp³-hybridized carbons (Fsp3) is 0.560. The van der Waals surface area contributed by atoms with Gasteiger partial charge in [0.1, 0.15) is 0 Å². The molecule has 0 aliphatic carbocycles. The van der Waals surface area contributed by atoms with E-state index in [4.69, 9.17) is 11.5 Å². The average molecular weight is 543 g/mol. The third-order valence-electron chi connectivity index (χ3n) is 7.35. The zero-order valence-electron chi connectivity index (χ0n) is 21.0. The minimum Gasteiger partial charge on any atom is -0.337 e. The Kier molecular flexibility index (Phi) is 8.07. The second-order valence-corrected chi connectivity index (χ2v) is 10.0. The number of rotatable bonds is 6. The van der Waals surface area contributed by atoms with Gasteiger partial charge in [0.05, 0.1) is 12.2 Å². The van der Waals surface area contributed by atoms with Crippen molar-refractivity contribution in [2.24, 2.45) is 17.4 Å². The van der Waals surface area contributed by atoms with Gasteiger partial charge in [0.25, 0.3) is 5.91 Å². The lowest BCUT2D eigenvalue weighted by Gasteiger charge is -2.32. The molecule has 0 unspecified atom stereocenters. The molecule has 1 atom stereocenters. The van der Waals surface area contributed by atoms with Gasteiger partial charge >= 0.3 is 6.18 Å². The Morgan fingerprint density at radius 3 is 2.37 bits per heavy atom. The summed E-state index contributed by atoms with van der Waals surface area (Å²) in [7, 11) is 0. The molecule has 4 N–H and O–H groups in total. The lowest BCUT2D eigenvalue weighted by molar-refractivity contribution is -0.148. The number of carbonyl (C=O) groups excluding carboxylic acids is 2. The molecule has 0 radical (unpaired) electrons. The van der Waals surface area contributed by atoms with Crippen LogP contribution in [0.2, 0.25) is 0 Å². The summed E-state index contributed by atoms with van der Waals surface area (Å²) >= 11 is 0. The van der Waals surface area contributed by atoms with Gasteiger partial charge < -0.3 is 25.8 Å². The summed E-state index contributed by atoms with van der Waals surface area (Å²) in [5.41, 5.74) is 12.5. The molecule has 2 aliphatic heterocycles. The van der Waals surface area contributed by atoms with E-state index in [9.17, 15) is 31.5 Å². The largest absolute Gasteiger partial charge is 0.449 e. The molecule has 208 valence electrons. The number of hydrogen-bond acceptors (Lipinski definition) is 5. The Hall–Kier alpha value is -3.06. The van der Waals surface area contributed by atoms with Crippen LogP contribution in [0.1, 0.15) is 52.4 Å². The first kappa shape index (κ1) is 28.0. The van der Waals surface area contributed by atoms with Gasteiger partial charge in [-0.3, -0.25) is 9.59 Å². The van der Waals surface area contributed by atoms with Crippen molar-refractivity contribution < 1.29 is 31.5 Å². The first-order valence-electron chi connectivity index (χ1n) is 12.5. The van der Waals surface area contributed by atoms with E-state index in [0.29, 0.717) is 43.6 Å². The highest BCUT2D eigenvalue weighted by molar-refractivity contribution is 5.94. The molecule has 0 saturated carbocycles. The molecule has 2 aliphatic rings. The molecule has 4 rings (SSSR count). The summed E-state index contributed by atoms with van der Waals surface area (Å²) in [6.07, 6.45) is -3.50. The standard InChI is InChI=1S/C25H31F5N6O2/c1-14-8-18(26)19(27)10-16(14)9-17(32)11-21(37)35-6-7-36-20(13-35)22(33-24(36)25(28,29)30)23(38)34-4-2-15(12-31)3-5-34/h8,10,15,17H,2-7,9,11-13,31-32H2,1H3/t17-/m1/s1. The zero-order valence-corrected chi connectivity index (χ0v) is 21.0. The maximum atomic E-state index is 13.7. The molecule has 3 heterocycles. The summed E-state index contributed by atoms with van der Waals surface area (Å²) in [4.78, 5) is 32.8. The SMILES string of the molecule is Cc1cc(F)c(F)cc1C[C@@H](N)CC(=O)N1CCn2c(C(F)(F)F)nc(C(=O)N3CCC(CN)CC3)c2C1. The number of piperidine rings is 1. The zero-order chi connectivity index (χ0) is 27.8. The lowest BCUT2D eigenvalue weighted by Crippen LogP contribution is -2.43. The van der Waals surface area contributed by atoms with E-state index in [1.807, 2.05) is 0 Å². The Labute approximate surface area is 216 Å². The fourth-order valence-corrected chi connectivity index (χ4v) is 5.11. The molecular formula is C25H31F5N6O2. The predicted octanol–water partition coefficient (Wildman–Crippen LogP) is 2.60. The average Bonchev–Trinajstić information content (AvgIpc) is 3.26. The second-order valence-electron chi connectivity index (χ2n) is 10.0. The Balaban J connectivity index is 1.50. The van der Waals surface area contributed by atoms with Crippen molar-refractivity contribution in [2.75, 3.05) is 26.2 Å². The highest BCUT2D eigenvalue weighted by Crippen LogP contribution is 2.33. The highest BCUT2D eigenvalue weighted by Gasteiger charge is 2.42. The van der Waals surface area contributed by atoms with Gasteiger partial charge in [0.15, 0.2) is 17.3 Å². The van der Waals surface area contributed by atoms with E-state index in [1.54, 1.807) is 6.92 Å². The number of likely N-dealkylation sites (tertiary alicyclic amines) is 1. The third-order valence-corrected chi connectivity index (χ3v) is 7.35. The van der Waals surface area contributed by atoms with E-state index >= 15 is 0 Å². The van der Waals surface area contributed by atoms with Gasteiger partial charge in [0.2, 0.25) is 11.7 Å². The number of imidazole rings is 1. The number of fused-ring (bicyclic) bond motifs is 1. The number of carbonyl (C=O) groups is 2. The van der Waals surface area contributed by atoms with Crippen LogP contribution in [0, 0.1) is 24.5 Å². The Morgan fingerprint density at radius 1 is 1.08 bits per heavy atom. The molecule has 1 saturated heterocycles. The van der Waals surface area contributed by atoms with Crippen molar-refractivity contribution in [1.29, 1.82) is 0 Å². The number of halogens is 5. The van der Waals surface area contributed by atoms with Gasteiger partial charge in [-0.1, -0.05) is 0 Å². The van der Waals surface area contributed by atoms with Crippen molar-refractivity contribution in [3.63, 3.8) is 0 Å². The van der Waals surface area contributed by atoms with E-state index in [-0.39, 0.29) is 49.8 Å². The summed E-state index contributed by atoms with van der Waals surface area (Å²) in [5, 5.41) is 0. The monoisotopic (exact) mass is 542 g/mol. The molecule has 2 aromatic rings.